The normalized spacial score (nSPS) is 19.7. The van der Waals surface area contributed by atoms with Gasteiger partial charge in [-0.2, -0.15) is 4.98 Å². The highest BCUT2D eigenvalue weighted by atomic mass is 16.5. The average Bonchev–Trinajstić information content (AvgIpc) is 2.79. The van der Waals surface area contributed by atoms with Crippen molar-refractivity contribution in [2.24, 2.45) is 11.7 Å². The first kappa shape index (κ1) is 9.65. The first-order chi connectivity index (χ1) is 6.48. The van der Waals surface area contributed by atoms with Gasteiger partial charge in [0.05, 0.1) is 6.04 Å². The zero-order valence-corrected chi connectivity index (χ0v) is 8.95. The molecule has 1 saturated carbocycles. The second-order valence-electron chi connectivity index (χ2n) is 5.07. The van der Waals surface area contributed by atoms with E-state index in [1.165, 1.54) is 12.8 Å². The lowest BCUT2D eigenvalue weighted by Gasteiger charge is -2.11. The summed E-state index contributed by atoms with van der Waals surface area (Å²) in [6.45, 7) is 6.18. The van der Waals surface area contributed by atoms with Gasteiger partial charge in [0.2, 0.25) is 5.89 Å². The van der Waals surface area contributed by atoms with Crippen LogP contribution in [0.25, 0.3) is 0 Å². The second kappa shape index (κ2) is 3.05. The number of nitrogens with two attached hydrogens (primary N) is 1. The van der Waals surface area contributed by atoms with Crippen molar-refractivity contribution in [1.82, 2.24) is 10.1 Å². The van der Waals surface area contributed by atoms with Crippen LogP contribution >= 0.6 is 0 Å². The minimum atomic E-state index is -0.0645. The van der Waals surface area contributed by atoms with Gasteiger partial charge in [0.15, 0.2) is 5.82 Å². The predicted octanol–water partition coefficient (Wildman–Crippen LogP) is 1.78. The molecule has 2 rings (SSSR count). The van der Waals surface area contributed by atoms with E-state index in [1.807, 2.05) is 0 Å². The Morgan fingerprint density at radius 3 is 2.50 bits per heavy atom. The van der Waals surface area contributed by atoms with Gasteiger partial charge in [-0.15, -0.1) is 0 Å². The zero-order chi connectivity index (χ0) is 10.3. The molecule has 0 aromatic carbocycles. The van der Waals surface area contributed by atoms with Gasteiger partial charge in [-0.3, -0.25) is 0 Å². The summed E-state index contributed by atoms with van der Waals surface area (Å²) in [6, 6.07) is -0.0569. The third kappa shape index (κ3) is 1.80. The first-order valence-corrected chi connectivity index (χ1v) is 5.08. The van der Waals surface area contributed by atoms with Crippen LogP contribution < -0.4 is 5.73 Å². The smallest absolute Gasteiger partial charge is 0.243 e. The van der Waals surface area contributed by atoms with Crippen molar-refractivity contribution >= 4 is 0 Å². The minimum Gasteiger partial charge on any atom is -0.338 e. The Hall–Kier alpha value is -0.900. The second-order valence-corrected chi connectivity index (χ2v) is 5.07. The lowest BCUT2D eigenvalue weighted by Crippen LogP contribution is -2.16. The summed E-state index contributed by atoms with van der Waals surface area (Å²) in [7, 11) is 0. The number of hydrogen-bond acceptors (Lipinski definition) is 4. The Balaban J connectivity index is 2.16. The molecule has 0 aliphatic heterocycles. The monoisotopic (exact) mass is 195 g/mol. The summed E-state index contributed by atoms with van der Waals surface area (Å²) in [5, 5.41) is 3.95. The molecule has 1 aromatic rings. The maximum absolute atomic E-state index is 5.96. The van der Waals surface area contributed by atoms with Crippen LogP contribution in [0.15, 0.2) is 4.52 Å². The summed E-state index contributed by atoms with van der Waals surface area (Å²) < 4.78 is 5.17. The van der Waals surface area contributed by atoms with Crippen molar-refractivity contribution < 1.29 is 4.52 Å². The van der Waals surface area contributed by atoms with E-state index >= 15 is 0 Å². The van der Waals surface area contributed by atoms with Crippen molar-refractivity contribution in [2.45, 2.75) is 45.1 Å². The molecule has 78 valence electrons. The molecule has 4 heteroatoms. The van der Waals surface area contributed by atoms with E-state index in [-0.39, 0.29) is 11.5 Å². The highest BCUT2D eigenvalue weighted by Gasteiger charge is 2.34. The maximum Gasteiger partial charge on any atom is 0.243 e. The Morgan fingerprint density at radius 2 is 2.07 bits per heavy atom. The predicted molar refractivity (Wildman–Crippen MR) is 52.7 cm³/mol. The van der Waals surface area contributed by atoms with Crippen LogP contribution in [0.3, 0.4) is 0 Å². The molecule has 1 fully saturated rings. The highest BCUT2D eigenvalue weighted by Crippen LogP contribution is 2.39. The van der Waals surface area contributed by atoms with Crippen molar-refractivity contribution in [3.63, 3.8) is 0 Å². The molecular formula is C10H17N3O. The summed E-state index contributed by atoms with van der Waals surface area (Å²) in [6.07, 6.45) is 2.38. The molecule has 0 radical (unpaired) electrons. The third-order valence-electron chi connectivity index (χ3n) is 2.53. The Kier molecular flexibility index (Phi) is 2.10. The third-order valence-corrected chi connectivity index (χ3v) is 2.53. The molecule has 0 spiro atoms. The van der Waals surface area contributed by atoms with Crippen LogP contribution in [0, 0.1) is 5.92 Å². The van der Waals surface area contributed by atoms with E-state index < -0.39 is 0 Å². The van der Waals surface area contributed by atoms with Gasteiger partial charge >= 0.3 is 0 Å². The Labute approximate surface area is 83.9 Å². The van der Waals surface area contributed by atoms with Crippen molar-refractivity contribution in [3.05, 3.63) is 11.7 Å². The molecule has 0 amide bonds. The molecule has 0 saturated heterocycles. The van der Waals surface area contributed by atoms with Crippen LogP contribution in [-0.2, 0) is 5.41 Å². The van der Waals surface area contributed by atoms with Crippen LogP contribution in [0.2, 0.25) is 0 Å². The van der Waals surface area contributed by atoms with Crippen LogP contribution in [0.4, 0.5) is 0 Å². The zero-order valence-electron chi connectivity index (χ0n) is 8.95. The van der Waals surface area contributed by atoms with E-state index in [0.29, 0.717) is 11.8 Å². The fraction of sp³-hybridized carbons (Fsp3) is 0.800. The first-order valence-electron chi connectivity index (χ1n) is 5.08. The fourth-order valence-electron chi connectivity index (χ4n) is 1.33. The van der Waals surface area contributed by atoms with Gasteiger partial charge in [-0.1, -0.05) is 25.9 Å². The SMILES string of the molecule is CC(C)(C)c1noc(C(N)C2CC2)n1. The molecule has 14 heavy (non-hydrogen) atoms. The molecule has 1 aromatic heterocycles. The quantitative estimate of drug-likeness (QED) is 0.781. The number of rotatable bonds is 2. The standard InChI is InChI=1S/C10H17N3O/c1-10(2,3)9-12-8(14-13-9)7(11)6-4-5-6/h6-7H,4-5,11H2,1-3H3. The molecule has 2 N–H and O–H groups in total. The topological polar surface area (TPSA) is 64.9 Å². The summed E-state index contributed by atoms with van der Waals surface area (Å²) in [5.74, 6) is 1.89. The molecule has 1 heterocycles. The van der Waals surface area contributed by atoms with E-state index in [2.05, 4.69) is 30.9 Å². The molecule has 0 bridgehead atoms. The number of aromatic nitrogens is 2. The highest BCUT2D eigenvalue weighted by molar-refractivity contribution is 5.04. The number of nitrogens with zero attached hydrogens (tertiary/aromatic N) is 2. The largest absolute Gasteiger partial charge is 0.338 e. The summed E-state index contributed by atoms with van der Waals surface area (Å²) >= 11 is 0. The van der Waals surface area contributed by atoms with Gasteiger partial charge in [-0.25, -0.2) is 0 Å². The van der Waals surface area contributed by atoms with Gasteiger partial charge in [0.25, 0.3) is 0 Å². The molecule has 1 atom stereocenters. The molecule has 1 aliphatic rings. The summed E-state index contributed by atoms with van der Waals surface area (Å²) in [4.78, 5) is 4.34. The van der Waals surface area contributed by atoms with E-state index in [0.717, 1.165) is 5.82 Å². The molecule has 4 nitrogen and oxygen atoms in total. The average molecular weight is 195 g/mol. The molecule has 1 unspecified atom stereocenters. The Bertz CT molecular complexity index is 322. The van der Waals surface area contributed by atoms with E-state index in [4.69, 9.17) is 10.3 Å². The van der Waals surface area contributed by atoms with Crippen molar-refractivity contribution in [2.75, 3.05) is 0 Å². The molecule has 1 aliphatic carbocycles. The van der Waals surface area contributed by atoms with E-state index in [9.17, 15) is 0 Å². The van der Waals surface area contributed by atoms with Crippen LogP contribution in [-0.4, -0.2) is 10.1 Å². The van der Waals surface area contributed by atoms with Crippen molar-refractivity contribution in [3.8, 4) is 0 Å². The van der Waals surface area contributed by atoms with Crippen LogP contribution in [0.5, 0.6) is 0 Å². The van der Waals surface area contributed by atoms with Gasteiger partial charge in [-0.05, 0) is 18.8 Å². The minimum absolute atomic E-state index is 0.0569. The van der Waals surface area contributed by atoms with Crippen LogP contribution in [0.1, 0.15) is 51.4 Å². The fourth-order valence-corrected chi connectivity index (χ4v) is 1.33. The lowest BCUT2D eigenvalue weighted by atomic mass is 9.96. The summed E-state index contributed by atoms with van der Waals surface area (Å²) in [5.41, 5.74) is 5.90. The maximum atomic E-state index is 5.96. The van der Waals surface area contributed by atoms with E-state index in [1.54, 1.807) is 0 Å². The van der Waals surface area contributed by atoms with Gasteiger partial charge < -0.3 is 10.3 Å². The lowest BCUT2D eigenvalue weighted by molar-refractivity contribution is 0.334. The van der Waals surface area contributed by atoms with Crippen molar-refractivity contribution in [1.29, 1.82) is 0 Å². The van der Waals surface area contributed by atoms with Gasteiger partial charge in [0, 0.05) is 5.41 Å². The molecular weight excluding hydrogens is 178 g/mol. The Morgan fingerprint density at radius 1 is 1.43 bits per heavy atom. The number of hydrogen-bond donors (Lipinski definition) is 1. The van der Waals surface area contributed by atoms with Gasteiger partial charge in [0.1, 0.15) is 0 Å².